The molecule has 2 aromatic carbocycles. The molecule has 0 aromatic heterocycles. The Kier molecular flexibility index (Phi) is 4.65. The van der Waals surface area contributed by atoms with Crippen LogP contribution < -0.4 is 19.9 Å². The molecule has 112 valence electrons. The number of benzene rings is 2. The normalized spacial score (nSPS) is 11.9. The van der Waals surface area contributed by atoms with Crippen LogP contribution in [0.2, 0.25) is 0 Å². The monoisotopic (exact) mass is 291 g/mol. The van der Waals surface area contributed by atoms with Crippen molar-refractivity contribution in [2.45, 2.75) is 6.04 Å². The van der Waals surface area contributed by atoms with Gasteiger partial charge in [0, 0.05) is 11.1 Å². The van der Waals surface area contributed by atoms with Crippen molar-refractivity contribution in [2.75, 3.05) is 21.3 Å². The number of methoxy groups -OCH3 is 3. The Bertz CT molecular complexity index is 631. The molecule has 0 aliphatic rings. The second-order valence-corrected chi connectivity index (χ2v) is 4.45. The summed E-state index contributed by atoms with van der Waals surface area (Å²) in [6.07, 6.45) is 0. The predicted molar refractivity (Wildman–Crippen MR) is 78.5 cm³/mol. The highest BCUT2D eigenvalue weighted by Gasteiger charge is 2.20. The predicted octanol–water partition coefficient (Wildman–Crippen LogP) is 2.90. The van der Waals surface area contributed by atoms with Gasteiger partial charge in [0.1, 0.15) is 11.5 Å². The van der Waals surface area contributed by atoms with Crippen LogP contribution in [0, 0.1) is 5.82 Å². The van der Waals surface area contributed by atoms with Crippen molar-refractivity contribution in [3.05, 3.63) is 53.3 Å². The van der Waals surface area contributed by atoms with Crippen LogP contribution in [-0.2, 0) is 0 Å². The lowest BCUT2D eigenvalue weighted by Crippen LogP contribution is -2.15. The van der Waals surface area contributed by atoms with E-state index in [-0.39, 0.29) is 5.75 Å². The van der Waals surface area contributed by atoms with Gasteiger partial charge >= 0.3 is 0 Å². The molecular formula is C16H18FNO3. The summed E-state index contributed by atoms with van der Waals surface area (Å²) in [5, 5.41) is 0. The van der Waals surface area contributed by atoms with Gasteiger partial charge < -0.3 is 19.9 Å². The summed E-state index contributed by atoms with van der Waals surface area (Å²) >= 11 is 0. The molecule has 2 rings (SSSR count). The van der Waals surface area contributed by atoms with E-state index in [0.29, 0.717) is 22.6 Å². The van der Waals surface area contributed by atoms with Gasteiger partial charge in [0.15, 0.2) is 11.6 Å². The molecule has 0 heterocycles. The molecule has 0 aliphatic carbocycles. The minimum absolute atomic E-state index is 0.157. The maximum atomic E-state index is 14.4. The van der Waals surface area contributed by atoms with Crippen molar-refractivity contribution in [1.82, 2.24) is 0 Å². The third-order valence-corrected chi connectivity index (χ3v) is 3.32. The van der Waals surface area contributed by atoms with Crippen LogP contribution >= 0.6 is 0 Å². The van der Waals surface area contributed by atoms with Crippen molar-refractivity contribution in [3.8, 4) is 17.2 Å². The van der Waals surface area contributed by atoms with E-state index in [1.54, 1.807) is 50.6 Å². The number of rotatable bonds is 5. The maximum Gasteiger partial charge on any atom is 0.170 e. The van der Waals surface area contributed by atoms with Crippen LogP contribution in [0.1, 0.15) is 17.2 Å². The van der Waals surface area contributed by atoms with Gasteiger partial charge in [-0.05, 0) is 24.3 Å². The summed E-state index contributed by atoms with van der Waals surface area (Å²) in [7, 11) is 4.52. The smallest absolute Gasteiger partial charge is 0.170 e. The Balaban J connectivity index is 2.51. The lowest BCUT2D eigenvalue weighted by atomic mass is 9.97. The second-order valence-electron chi connectivity index (χ2n) is 4.45. The SMILES string of the molecule is COc1ccc(OC)c(C(N)c2cccc(OC)c2F)c1. The standard InChI is InChI=1S/C16H18FNO3/c1-19-10-7-8-13(20-2)12(9-10)16(18)11-5-4-6-14(21-3)15(11)17/h4-9,16H,18H2,1-3H3. The highest BCUT2D eigenvalue weighted by molar-refractivity contribution is 5.47. The summed E-state index contributed by atoms with van der Waals surface area (Å²) in [4.78, 5) is 0. The molecule has 0 saturated carbocycles. The Morgan fingerprint density at radius 2 is 1.62 bits per heavy atom. The molecule has 0 spiro atoms. The molecule has 0 radical (unpaired) electrons. The summed E-state index contributed by atoms with van der Waals surface area (Å²) in [5.41, 5.74) is 7.19. The Labute approximate surface area is 123 Å². The Morgan fingerprint density at radius 3 is 2.24 bits per heavy atom. The first-order valence-corrected chi connectivity index (χ1v) is 6.42. The Hall–Kier alpha value is -2.27. The van der Waals surface area contributed by atoms with Crippen molar-refractivity contribution in [3.63, 3.8) is 0 Å². The first kappa shape index (κ1) is 15.1. The van der Waals surface area contributed by atoms with Crippen molar-refractivity contribution < 1.29 is 18.6 Å². The first-order chi connectivity index (χ1) is 10.1. The molecule has 0 aliphatic heterocycles. The molecule has 2 aromatic rings. The number of nitrogens with two attached hydrogens (primary N) is 1. The minimum atomic E-state index is -0.690. The summed E-state index contributed by atoms with van der Waals surface area (Å²) in [6, 6.07) is 9.43. The van der Waals surface area contributed by atoms with E-state index < -0.39 is 11.9 Å². The highest BCUT2D eigenvalue weighted by Crippen LogP contribution is 2.34. The molecule has 1 atom stereocenters. The molecule has 0 amide bonds. The molecule has 1 unspecified atom stereocenters. The summed E-state index contributed by atoms with van der Waals surface area (Å²) in [6.45, 7) is 0. The molecular weight excluding hydrogens is 273 g/mol. The van der Waals surface area contributed by atoms with Crippen LogP contribution in [-0.4, -0.2) is 21.3 Å². The van der Waals surface area contributed by atoms with Gasteiger partial charge in [0.05, 0.1) is 27.4 Å². The molecule has 5 heteroatoms. The van der Waals surface area contributed by atoms with Gasteiger partial charge in [0.2, 0.25) is 0 Å². The van der Waals surface area contributed by atoms with E-state index in [1.165, 1.54) is 7.11 Å². The fraction of sp³-hybridized carbons (Fsp3) is 0.250. The van der Waals surface area contributed by atoms with Gasteiger partial charge in [-0.25, -0.2) is 4.39 Å². The largest absolute Gasteiger partial charge is 0.497 e. The van der Waals surface area contributed by atoms with Gasteiger partial charge in [-0.3, -0.25) is 0 Å². The van der Waals surface area contributed by atoms with Gasteiger partial charge in [-0.1, -0.05) is 12.1 Å². The fourth-order valence-electron chi connectivity index (χ4n) is 2.18. The number of ether oxygens (including phenoxy) is 3. The quantitative estimate of drug-likeness (QED) is 0.920. The van der Waals surface area contributed by atoms with Gasteiger partial charge in [-0.2, -0.15) is 0 Å². The maximum absolute atomic E-state index is 14.4. The Morgan fingerprint density at radius 1 is 0.905 bits per heavy atom. The van der Waals surface area contributed by atoms with Crippen LogP contribution in [0.3, 0.4) is 0 Å². The molecule has 0 fully saturated rings. The van der Waals surface area contributed by atoms with Gasteiger partial charge in [-0.15, -0.1) is 0 Å². The summed E-state index contributed by atoms with van der Waals surface area (Å²) < 4.78 is 29.8. The van der Waals surface area contributed by atoms with Crippen LogP contribution in [0.5, 0.6) is 17.2 Å². The van der Waals surface area contributed by atoms with Gasteiger partial charge in [0.25, 0.3) is 0 Å². The van der Waals surface area contributed by atoms with E-state index in [1.807, 2.05) is 0 Å². The van der Waals surface area contributed by atoms with E-state index in [0.717, 1.165) is 0 Å². The summed E-state index contributed by atoms with van der Waals surface area (Å²) in [5.74, 6) is 0.886. The zero-order chi connectivity index (χ0) is 15.4. The van der Waals surface area contributed by atoms with Crippen LogP contribution in [0.25, 0.3) is 0 Å². The van der Waals surface area contributed by atoms with Crippen molar-refractivity contribution in [1.29, 1.82) is 0 Å². The van der Waals surface area contributed by atoms with E-state index in [4.69, 9.17) is 19.9 Å². The molecule has 21 heavy (non-hydrogen) atoms. The lowest BCUT2D eigenvalue weighted by molar-refractivity contribution is 0.381. The van der Waals surface area contributed by atoms with Crippen LogP contribution in [0.15, 0.2) is 36.4 Å². The topological polar surface area (TPSA) is 53.7 Å². The third-order valence-electron chi connectivity index (χ3n) is 3.32. The fourth-order valence-corrected chi connectivity index (χ4v) is 2.18. The zero-order valence-corrected chi connectivity index (χ0v) is 12.2. The minimum Gasteiger partial charge on any atom is -0.497 e. The van der Waals surface area contributed by atoms with E-state index >= 15 is 0 Å². The van der Waals surface area contributed by atoms with E-state index in [9.17, 15) is 4.39 Å². The molecule has 2 N–H and O–H groups in total. The lowest BCUT2D eigenvalue weighted by Gasteiger charge is -2.18. The highest BCUT2D eigenvalue weighted by atomic mass is 19.1. The molecule has 0 saturated heterocycles. The zero-order valence-electron chi connectivity index (χ0n) is 12.2. The van der Waals surface area contributed by atoms with E-state index in [2.05, 4.69) is 0 Å². The first-order valence-electron chi connectivity index (χ1n) is 6.42. The van der Waals surface area contributed by atoms with Crippen molar-refractivity contribution in [2.24, 2.45) is 5.73 Å². The number of hydrogen-bond donors (Lipinski definition) is 1. The van der Waals surface area contributed by atoms with Crippen LogP contribution in [0.4, 0.5) is 4.39 Å². The molecule has 0 bridgehead atoms. The third kappa shape index (κ3) is 2.92. The number of halogens is 1. The second kappa shape index (κ2) is 6.45. The van der Waals surface area contributed by atoms with Crippen molar-refractivity contribution >= 4 is 0 Å². The molecule has 4 nitrogen and oxygen atoms in total. The number of hydrogen-bond acceptors (Lipinski definition) is 4. The average molecular weight is 291 g/mol. The average Bonchev–Trinajstić information content (AvgIpc) is 2.53.